The second kappa shape index (κ2) is 5.72. The molecule has 19 heavy (non-hydrogen) atoms. The lowest BCUT2D eigenvalue weighted by Crippen LogP contribution is -2.38. The molecule has 2 rings (SSSR count). The maximum absolute atomic E-state index is 12.2. The van der Waals surface area contributed by atoms with Crippen LogP contribution in [0.15, 0.2) is 0 Å². The molecule has 5 heteroatoms. The third-order valence-electron chi connectivity index (χ3n) is 3.99. The van der Waals surface area contributed by atoms with E-state index in [0.29, 0.717) is 6.42 Å². The second-order valence-corrected chi connectivity index (χ2v) is 5.44. The molecule has 3 unspecified atom stereocenters. The zero-order valence-electron chi connectivity index (χ0n) is 11.6. The number of imide groups is 1. The van der Waals surface area contributed by atoms with Crippen LogP contribution >= 0.6 is 0 Å². The first kappa shape index (κ1) is 14.0. The average Bonchev–Trinajstić information content (AvgIpc) is 2.64. The highest BCUT2D eigenvalue weighted by Gasteiger charge is 2.48. The Balaban J connectivity index is 1.98. The number of rotatable bonds is 4. The maximum atomic E-state index is 12.2. The molecule has 2 aliphatic rings. The molecule has 106 valence electrons. The van der Waals surface area contributed by atoms with Gasteiger partial charge in [0.15, 0.2) is 0 Å². The van der Waals surface area contributed by atoms with Crippen LogP contribution in [-0.4, -0.2) is 35.3 Å². The van der Waals surface area contributed by atoms with Gasteiger partial charge >= 0.3 is 5.97 Å². The summed E-state index contributed by atoms with van der Waals surface area (Å²) >= 11 is 0. The van der Waals surface area contributed by atoms with Crippen LogP contribution in [0, 0.1) is 11.8 Å². The Bertz CT molecular complexity index is 369. The Morgan fingerprint density at radius 1 is 1.26 bits per heavy atom. The summed E-state index contributed by atoms with van der Waals surface area (Å²) < 4.78 is 5.13. The predicted octanol–water partition coefficient (Wildman–Crippen LogP) is 1.50. The van der Waals surface area contributed by atoms with Crippen molar-refractivity contribution in [1.29, 1.82) is 0 Å². The molecular formula is C14H21NO4. The molecule has 0 aromatic rings. The van der Waals surface area contributed by atoms with Crippen molar-refractivity contribution in [2.45, 2.75) is 52.1 Å². The van der Waals surface area contributed by atoms with Gasteiger partial charge < -0.3 is 4.74 Å². The van der Waals surface area contributed by atoms with Crippen molar-refractivity contribution in [2.24, 2.45) is 11.8 Å². The number of hydrogen-bond acceptors (Lipinski definition) is 4. The first-order chi connectivity index (χ1) is 9.04. The molecule has 1 heterocycles. The Morgan fingerprint density at radius 3 is 2.26 bits per heavy atom. The lowest BCUT2D eigenvalue weighted by atomic mass is 9.81. The molecule has 0 spiro atoms. The van der Waals surface area contributed by atoms with Crippen molar-refractivity contribution in [1.82, 2.24) is 4.90 Å². The van der Waals surface area contributed by atoms with Gasteiger partial charge in [0.1, 0.15) is 6.10 Å². The minimum Gasteiger partial charge on any atom is -0.461 e. The molecule has 5 nitrogen and oxygen atoms in total. The summed E-state index contributed by atoms with van der Waals surface area (Å²) in [6, 6.07) is 0. The average molecular weight is 267 g/mol. The van der Waals surface area contributed by atoms with E-state index in [-0.39, 0.29) is 36.2 Å². The molecule has 0 N–H and O–H groups in total. The van der Waals surface area contributed by atoms with Crippen LogP contribution in [0.4, 0.5) is 0 Å². The van der Waals surface area contributed by atoms with Crippen molar-refractivity contribution < 1.29 is 19.1 Å². The lowest BCUT2D eigenvalue weighted by Gasteiger charge is -2.20. The van der Waals surface area contributed by atoms with Crippen LogP contribution in [0.3, 0.4) is 0 Å². The van der Waals surface area contributed by atoms with Crippen LogP contribution in [0.5, 0.6) is 0 Å². The summed E-state index contributed by atoms with van der Waals surface area (Å²) in [6.45, 7) is 3.63. The molecule has 1 aliphatic carbocycles. The van der Waals surface area contributed by atoms with E-state index in [1.807, 2.05) is 0 Å². The van der Waals surface area contributed by atoms with Gasteiger partial charge in [-0.05, 0) is 19.8 Å². The Labute approximate surface area is 113 Å². The topological polar surface area (TPSA) is 63.7 Å². The van der Waals surface area contributed by atoms with E-state index >= 15 is 0 Å². The highest BCUT2D eigenvalue weighted by atomic mass is 16.5. The fourth-order valence-electron chi connectivity index (χ4n) is 3.01. The largest absolute Gasteiger partial charge is 0.461 e. The normalized spacial score (nSPS) is 28.2. The van der Waals surface area contributed by atoms with E-state index in [1.165, 1.54) is 4.90 Å². The summed E-state index contributed by atoms with van der Waals surface area (Å²) in [5.41, 5.74) is 0. The number of nitrogens with zero attached hydrogens (tertiary/aromatic N) is 1. The molecule has 0 aromatic carbocycles. The van der Waals surface area contributed by atoms with Crippen LogP contribution < -0.4 is 0 Å². The third-order valence-corrected chi connectivity index (χ3v) is 3.99. The molecular weight excluding hydrogens is 246 g/mol. The number of carbonyl (C=O) groups excluding carboxylic acids is 3. The zero-order valence-corrected chi connectivity index (χ0v) is 11.6. The van der Waals surface area contributed by atoms with Gasteiger partial charge in [-0.25, -0.2) is 0 Å². The number of fused-ring (bicyclic) bond motifs is 1. The van der Waals surface area contributed by atoms with E-state index in [9.17, 15) is 14.4 Å². The van der Waals surface area contributed by atoms with E-state index in [4.69, 9.17) is 4.74 Å². The van der Waals surface area contributed by atoms with Gasteiger partial charge in [-0.15, -0.1) is 0 Å². The minimum atomic E-state index is -0.430. The van der Waals surface area contributed by atoms with Gasteiger partial charge in [0.05, 0.1) is 18.4 Å². The fraction of sp³-hybridized carbons (Fsp3) is 0.786. The summed E-state index contributed by atoms with van der Waals surface area (Å²) in [5, 5.41) is 0. The number of amides is 2. The zero-order chi connectivity index (χ0) is 14.0. The standard InChI is InChI=1S/C14H21NO4/c1-3-12(16)19-9(2)8-15-13(17)10-6-4-5-7-11(10)14(15)18/h9-11H,3-8H2,1-2H3. The van der Waals surface area contributed by atoms with Gasteiger partial charge in [0.25, 0.3) is 0 Å². The number of esters is 1. The maximum Gasteiger partial charge on any atom is 0.305 e. The summed E-state index contributed by atoms with van der Waals surface area (Å²) in [7, 11) is 0. The molecule has 1 saturated heterocycles. The molecule has 1 aliphatic heterocycles. The predicted molar refractivity (Wildman–Crippen MR) is 68.0 cm³/mol. The molecule has 0 bridgehead atoms. The first-order valence-electron chi connectivity index (χ1n) is 7.09. The van der Waals surface area contributed by atoms with E-state index < -0.39 is 6.10 Å². The van der Waals surface area contributed by atoms with Crippen molar-refractivity contribution in [2.75, 3.05) is 6.54 Å². The van der Waals surface area contributed by atoms with Crippen molar-refractivity contribution in [3.05, 3.63) is 0 Å². The molecule has 2 amide bonds. The smallest absolute Gasteiger partial charge is 0.305 e. The summed E-state index contributed by atoms with van der Waals surface area (Å²) in [4.78, 5) is 36.9. The van der Waals surface area contributed by atoms with Gasteiger partial charge in [0.2, 0.25) is 11.8 Å². The van der Waals surface area contributed by atoms with Crippen LogP contribution in [-0.2, 0) is 19.1 Å². The first-order valence-corrected chi connectivity index (χ1v) is 7.09. The number of likely N-dealkylation sites (tertiary alicyclic amines) is 1. The minimum absolute atomic E-state index is 0.0749. The van der Waals surface area contributed by atoms with Crippen molar-refractivity contribution in [3.63, 3.8) is 0 Å². The summed E-state index contributed by atoms with van der Waals surface area (Å²) in [5.74, 6) is -0.710. The Kier molecular flexibility index (Phi) is 4.22. The van der Waals surface area contributed by atoms with Gasteiger partial charge in [-0.1, -0.05) is 19.8 Å². The van der Waals surface area contributed by atoms with E-state index in [2.05, 4.69) is 0 Å². The molecule has 0 radical (unpaired) electrons. The Hall–Kier alpha value is -1.39. The number of hydrogen-bond donors (Lipinski definition) is 0. The quantitative estimate of drug-likeness (QED) is 0.572. The molecule has 3 atom stereocenters. The monoisotopic (exact) mass is 267 g/mol. The lowest BCUT2D eigenvalue weighted by molar-refractivity contribution is -0.153. The Morgan fingerprint density at radius 2 is 1.79 bits per heavy atom. The van der Waals surface area contributed by atoms with Gasteiger partial charge in [-0.2, -0.15) is 0 Å². The highest BCUT2D eigenvalue weighted by Crippen LogP contribution is 2.38. The van der Waals surface area contributed by atoms with Gasteiger partial charge in [0, 0.05) is 6.42 Å². The third kappa shape index (κ3) is 2.80. The van der Waals surface area contributed by atoms with E-state index in [1.54, 1.807) is 13.8 Å². The van der Waals surface area contributed by atoms with Crippen molar-refractivity contribution in [3.8, 4) is 0 Å². The number of ether oxygens (including phenoxy) is 1. The molecule has 1 saturated carbocycles. The SMILES string of the molecule is CCC(=O)OC(C)CN1C(=O)C2CCCCC2C1=O. The fourth-order valence-corrected chi connectivity index (χ4v) is 3.01. The second-order valence-electron chi connectivity index (χ2n) is 5.44. The molecule has 0 aromatic heterocycles. The van der Waals surface area contributed by atoms with Crippen LogP contribution in [0.25, 0.3) is 0 Å². The molecule has 2 fully saturated rings. The van der Waals surface area contributed by atoms with Gasteiger partial charge in [-0.3, -0.25) is 19.3 Å². The van der Waals surface area contributed by atoms with Crippen molar-refractivity contribution >= 4 is 17.8 Å². The highest BCUT2D eigenvalue weighted by molar-refractivity contribution is 6.05. The summed E-state index contributed by atoms with van der Waals surface area (Å²) in [6.07, 6.45) is 3.55. The van der Waals surface area contributed by atoms with E-state index in [0.717, 1.165) is 25.7 Å². The van der Waals surface area contributed by atoms with Crippen LogP contribution in [0.1, 0.15) is 46.0 Å². The van der Waals surface area contributed by atoms with Crippen LogP contribution in [0.2, 0.25) is 0 Å². The number of carbonyl (C=O) groups is 3.